The molecule has 2 unspecified atom stereocenters. The van der Waals surface area contributed by atoms with Gasteiger partial charge in [-0.05, 0) is 36.4 Å². The molecule has 0 bridgehead atoms. The number of halogens is 1. The number of aliphatic carboxylic acids is 1. The molecule has 0 aliphatic carbocycles. The molecule has 0 saturated heterocycles. The Bertz CT molecular complexity index is 659. The van der Waals surface area contributed by atoms with E-state index in [0.717, 1.165) is 0 Å². The highest BCUT2D eigenvalue weighted by Gasteiger charge is 2.26. The van der Waals surface area contributed by atoms with Crippen LogP contribution in [0.4, 0.5) is 4.39 Å². The molecule has 8 heteroatoms. The average molecular weight is 294 g/mol. The predicted octanol–water partition coefficient (Wildman–Crippen LogP) is 1.77. The highest BCUT2D eigenvalue weighted by molar-refractivity contribution is 5.70. The van der Waals surface area contributed by atoms with Crippen molar-refractivity contribution in [2.24, 2.45) is 5.92 Å². The molecule has 1 aromatic carbocycles. The lowest BCUT2D eigenvalue weighted by atomic mass is 10.0. The minimum atomic E-state index is -0.973. The van der Waals surface area contributed by atoms with Crippen molar-refractivity contribution in [3.8, 4) is 17.1 Å². The second kappa shape index (κ2) is 5.86. The highest BCUT2D eigenvalue weighted by atomic mass is 19.1. The molecule has 2 aromatic rings. The summed E-state index contributed by atoms with van der Waals surface area (Å²) in [6, 6.07) is 3.78. The molecule has 0 fully saturated rings. The minimum Gasteiger partial charge on any atom is -0.497 e. The van der Waals surface area contributed by atoms with E-state index in [4.69, 9.17) is 9.84 Å². The Morgan fingerprint density at radius 1 is 1.43 bits per heavy atom. The predicted molar refractivity (Wildman–Crippen MR) is 71.3 cm³/mol. The quantitative estimate of drug-likeness (QED) is 0.903. The molecule has 0 aliphatic rings. The molecule has 7 nitrogen and oxygen atoms in total. The normalized spacial score (nSPS) is 13.7. The Morgan fingerprint density at radius 3 is 2.71 bits per heavy atom. The lowest BCUT2D eigenvalue weighted by Crippen LogP contribution is -2.23. The summed E-state index contributed by atoms with van der Waals surface area (Å²) in [6.07, 6.45) is 0. The number of hydrogen-bond donors (Lipinski definition) is 1. The van der Waals surface area contributed by atoms with Gasteiger partial charge in [0.05, 0.1) is 24.6 Å². The van der Waals surface area contributed by atoms with Gasteiger partial charge in [0.1, 0.15) is 11.6 Å². The molecule has 2 rings (SSSR count). The molecular formula is C13H15FN4O3. The fourth-order valence-corrected chi connectivity index (χ4v) is 1.87. The first-order chi connectivity index (χ1) is 9.95. The number of carboxylic acid groups (broad SMARTS) is 1. The van der Waals surface area contributed by atoms with E-state index in [1.165, 1.54) is 23.9 Å². The van der Waals surface area contributed by atoms with Crippen LogP contribution >= 0.6 is 0 Å². The van der Waals surface area contributed by atoms with Gasteiger partial charge in [0.15, 0.2) is 5.82 Å². The Hall–Kier alpha value is -2.51. The zero-order valence-electron chi connectivity index (χ0n) is 11.8. The molecule has 1 heterocycles. The van der Waals surface area contributed by atoms with E-state index in [2.05, 4.69) is 15.5 Å². The fraction of sp³-hybridized carbons (Fsp3) is 0.385. The Labute approximate surface area is 120 Å². The van der Waals surface area contributed by atoms with Gasteiger partial charge in [0.25, 0.3) is 0 Å². The van der Waals surface area contributed by atoms with Gasteiger partial charge in [-0.1, -0.05) is 0 Å². The van der Waals surface area contributed by atoms with Gasteiger partial charge in [0, 0.05) is 6.07 Å². The smallest absolute Gasteiger partial charge is 0.308 e. The lowest BCUT2D eigenvalue weighted by molar-refractivity contribution is -0.142. The van der Waals surface area contributed by atoms with Crippen LogP contribution in [0.5, 0.6) is 5.75 Å². The van der Waals surface area contributed by atoms with E-state index in [1.807, 2.05) is 0 Å². The third-order valence-corrected chi connectivity index (χ3v) is 3.41. The zero-order valence-corrected chi connectivity index (χ0v) is 11.8. The average Bonchev–Trinajstić information content (AvgIpc) is 2.94. The number of benzene rings is 1. The van der Waals surface area contributed by atoms with Crippen LogP contribution in [0, 0.1) is 11.7 Å². The SMILES string of the molecule is COc1ccc(-c2nnnn2C(C)C(C)C(=O)O)c(F)c1. The van der Waals surface area contributed by atoms with Crippen LogP contribution in [0.3, 0.4) is 0 Å². The molecule has 1 aromatic heterocycles. The summed E-state index contributed by atoms with van der Waals surface area (Å²) < 4.78 is 20.3. The molecule has 0 spiro atoms. The van der Waals surface area contributed by atoms with E-state index in [9.17, 15) is 9.18 Å². The maximum atomic E-state index is 14.1. The first-order valence-electron chi connectivity index (χ1n) is 6.30. The molecule has 0 saturated carbocycles. The third-order valence-electron chi connectivity index (χ3n) is 3.41. The maximum Gasteiger partial charge on any atom is 0.308 e. The molecule has 112 valence electrons. The van der Waals surface area contributed by atoms with Crippen molar-refractivity contribution in [2.75, 3.05) is 7.11 Å². The maximum absolute atomic E-state index is 14.1. The molecule has 0 radical (unpaired) electrons. The summed E-state index contributed by atoms with van der Waals surface area (Å²) in [5.41, 5.74) is 0.185. The minimum absolute atomic E-state index is 0.177. The first kappa shape index (κ1) is 14.9. The summed E-state index contributed by atoms with van der Waals surface area (Å²) in [6.45, 7) is 3.21. The standard InChI is InChI=1S/C13H15FN4O3/c1-7(13(19)20)8(2)18-12(15-16-17-18)10-5-4-9(21-3)6-11(10)14/h4-8H,1-3H3,(H,19,20). The highest BCUT2D eigenvalue weighted by Crippen LogP contribution is 2.27. The number of tetrazole rings is 1. The van der Waals surface area contributed by atoms with Crippen LogP contribution in [0.15, 0.2) is 18.2 Å². The van der Waals surface area contributed by atoms with Crippen LogP contribution < -0.4 is 4.74 Å². The van der Waals surface area contributed by atoms with Gasteiger partial charge < -0.3 is 9.84 Å². The molecule has 1 N–H and O–H groups in total. The zero-order chi connectivity index (χ0) is 15.6. The third kappa shape index (κ3) is 2.83. The van der Waals surface area contributed by atoms with E-state index >= 15 is 0 Å². The monoisotopic (exact) mass is 294 g/mol. The molecule has 2 atom stereocenters. The van der Waals surface area contributed by atoms with Gasteiger partial charge in [-0.25, -0.2) is 9.07 Å². The molecular weight excluding hydrogens is 279 g/mol. The van der Waals surface area contributed by atoms with Crippen molar-refractivity contribution < 1.29 is 19.0 Å². The van der Waals surface area contributed by atoms with Crippen LogP contribution in [-0.2, 0) is 4.79 Å². The summed E-state index contributed by atoms with van der Waals surface area (Å²) in [4.78, 5) is 11.1. The second-order valence-electron chi connectivity index (χ2n) is 4.66. The van der Waals surface area contributed by atoms with Gasteiger partial charge in [0.2, 0.25) is 0 Å². The summed E-state index contributed by atoms with van der Waals surface area (Å²) in [7, 11) is 1.44. The van der Waals surface area contributed by atoms with E-state index in [1.54, 1.807) is 19.9 Å². The topological polar surface area (TPSA) is 90.1 Å². The van der Waals surface area contributed by atoms with Crippen molar-refractivity contribution >= 4 is 5.97 Å². The molecule has 21 heavy (non-hydrogen) atoms. The number of rotatable bonds is 5. The number of hydrogen-bond acceptors (Lipinski definition) is 5. The Morgan fingerprint density at radius 2 is 2.14 bits per heavy atom. The number of methoxy groups -OCH3 is 1. The first-order valence-corrected chi connectivity index (χ1v) is 6.30. The summed E-state index contributed by atoms with van der Waals surface area (Å²) in [5.74, 6) is -1.67. The van der Waals surface area contributed by atoms with Crippen LogP contribution in [0.25, 0.3) is 11.4 Å². The summed E-state index contributed by atoms with van der Waals surface area (Å²) in [5, 5.41) is 20.1. The molecule has 0 amide bonds. The van der Waals surface area contributed by atoms with E-state index in [0.29, 0.717) is 5.75 Å². The fourth-order valence-electron chi connectivity index (χ4n) is 1.87. The van der Waals surface area contributed by atoms with Crippen LogP contribution in [-0.4, -0.2) is 38.4 Å². The number of aromatic nitrogens is 4. The summed E-state index contributed by atoms with van der Waals surface area (Å²) >= 11 is 0. The number of ether oxygens (including phenoxy) is 1. The number of nitrogens with zero attached hydrogens (tertiary/aromatic N) is 4. The second-order valence-corrected chi connectivity index (χ2v) is 4.66. The Balaban J connectivity index is 2.43. The van der Waals surface area contributed by atoms with Crippen LogP contribution in [0.2, 0.25) is 0 Å². The van der Waals surface area contributed by atoms with Crippen molar-refractivity contribution in [3.63, 3.8) is 0 Å². The van der Waals surface area contributed by atoms with Crippen molar-refractivity contribution in [1.29, 1.82) is 0 Å². The Kier molecular flexibility index (Phi) is 4.15. The van der Waals surface area contributed by atoms with Crippen molar-refractivity contribution in [2.45, 2.75) is 19.9 Å². The van der Waals surface area contributed by atoms with Crippen LogP contribution in [0.1, 0.15) is 19.9 Å². The van der Waals surface area contributed by atoms with Gasteiger partial charge in [-0.3, -0.25) is 4.79 Å². The molecule has 0 aliphatic heterocycles. The van der Waals surface area contributed by atoms with Gasteiger partial charge in [-0.2, -0.15) is 0 Å². The van der Waals surface area contributed by atoms with Gasteiger partial charge >= 0.3 is 5.97 Å². The number of carboxylic acids is 1. The van der Waals surface area contributed by atoms with E-state index < -0.39 is 23.7 Å². The van der Waals surface area contributed by atoms with Gasteiger partial charge in [-0.15, -0.1) is 5.10 Å². The lowest BCUT2D eigenvalue weighted by Gasteiger charge is -2.17. The van der Waals surface area contributed by atoms with Crippen molar-refractivity contribution in [1.82, 2.24) is 20.2 Å². The largest absolute Gasteiger partial charge is 0.497 e. The van der Waals surface area contributed by atoms with Crippen molar-refractivity contribution in [3.05, 3.63) is 24.0 Å². The number of carbonyl (C=O) groups is 1. The van der Waals surface area contributed by atoms with E-state index in [-0.39, 0.29) is 11.4 Å².